The quantitative estimate of drug-likeness (QED) is 0.626. The van der Waals surface area contributed by atoms with E-state index in [4.69, 9.17) is 0 Å². The van der Waals surface area contributed by atoms with Gasteiger partial charge in [-0.1, -0.05) is 6.92 Å². The number of nitrogens with zero attached hydrogens (tertiary/aromatic N) is 2. The molecular formula is C12H16FN3O4S. The molecule has 1 N–H and O–H groups in total. The van der Waals surface area contributed by atoms with E-state index < -0.39 is 31.3 Å². The Morgan fingerprint density at radius 1 is 1.48 bits per heavy atom. The summed E-state index contributed by atoms with van der Waals surface area (Å²) in [6.07, 6.45) is 0.588. The summed E-state index contributed by atoms with van der Waals surface area (Å²) >= 11 is 0. The second-order valence-electron chi connectivity index (χ2n) is 4.80. The van der Waals surface area contributed by atoms with Crippen molar-refractivity contribution < 1.29 is 17.7 Å². The predicted molar refractivity (Wildman–Crippen MR) is 73.9 cm³/mol. The van der Waals surface area contributed by atoms with Crippen LogP contribution < -0.4 is 5.32 Å². The third-order valence-corrected chi connectivity index (χ3v) is 5.31. The molecule has 0 radical (unpaired) electrons. The molecular weight excluding hydrogens is 301 g/mol. The molecule has 0 amide bonds. The first-order chi connectivity index (χ1) is 9.87. The molecule has 116 valence electrons. The first-order valence-electron chi connectivity index (χ1n) is 6.54. The highest BCUT2D eigenvalue weighted by atomic mass is 32.2. The average Bonchev–Trinajstić information content (AvgIpc) is 2.35. The molecule has 0 atom stereocenters. The van der Waals surface area contributed by atoms with Crippen molar-refractivity contribution in [1.82, 2.24) is 9.62 Å². The maximum atomic E-state index is 13.2. The standard InChI is InChI=1S/C12H16FN3O4S/c1-2-5-15(10-7-14-8-10)21(19,20)12-4-3-9(13)6-11(12)16(17)18/h3-4,6,10,14H,2,5,7-8H2,1H3. The molecule has 1 heterocycles. The van der Waals surface area contributed by atoms with Crippen LogP contribution in [0.5, 0.6) is 0 Å². The highest BCUT2D eigenvalue weighted by Gasteiger charge is 2.37. The second-order valence-corrected chi connectivity index (χ2v) is 6.66. The molecule has 1 aromatic rings. The number of nitro benzene ring substituents is 1. The zero-order valence-electron chi connectivity index (χ0n) is 11.5. The van der Waals surface area contributed by atoms with Gasteiger partial charge in [-0.3, -0.25) is 10.1 Å². The lowest BCUT2D eigenvalue weighted by molar-refractivity contribution is -0.388. The van der Waals surface area contributed by atoms with Gasteiger partial charge in [-0.2, -0.15) is 4.31 Å². The normalized spacial score (nSPS) is 16.0. The average molecular weight is 317 g/mol. The monoisotopic (exact) mass is 317 g/mol. The Bertz CT molecular complexity index is 646. The van der Waals surface area contributed by atoms with Gasteiger partial charge >= 0.3 is 0 Å². The number of halogens is 1. The Balaban J connectivity index is 2.49. The summed E-state index contributed by atoms with van der Waals surface area (Å²) in [4.78, 5) is 9.66. The Labute approximate surface area is 122 Å². The van der Waals surface area contributed by atoms with E-state index in [9.17, 15) is 22.9 Å². The molecule has 2 rings (SSSR count). The van der Waals surface area contributed by atoms with E-state index in [2.05, 4.69) is 5.32 Å². The number of sulfonamides is 1. The van der Waals surface area contributed by atoms with Gasteiger partial charge < -0.3 is 5.32 Å². The van der Waals surface area contributed by atoms with Crippen molar-refractivity contribution in [3.05, 3.63) is 34.1 Å². The molecule has 0 bridgehead atoms. The van der Waals surface area contributed by atoms with Gasteiger partial charge in [0.25, 0.3) is 5.69 Å². The van der Waals surface area contributed by atoms with Crippen molar-refractivity contribution in [3.8, 4) is 0 Å². The molecule has 21 heavy (non-hydrogen) atoms. The summed E-state index contributed by atoms with van der Waals surface area (Å²) in [5, 5.41) is 14.0. The maximum Gasteiger partial charge on any atom is 0.292 e. The first-order valence-corrected chi connectivity index (χ1v) is 7.98. The third-order valence-electron chi connectivity index (χ3n) is 3.32. The predicted octanol–water partition coefficient (Wildman–Crippen LogP) is 1.11. The molecule has 0 unspecified atom stereocenters. The molecule has 1 fully saturated rings. The van der Waals surface area contributed by atoms with E-state index >= 15 is 0 Å². The molecule has 1 aliphatic rings. The molecule has 1 aliphatic heterocycles. The van der Waals surface area contributed by atoms with Crippen molar-refractivity contribution in [1.29, 1.82) is 0 Å². The van der Waals surface area contributed by atoms with Crippen LogP contribution in [0.4, 0.5) is 10.1 Å². The van der Waals surface area contributed by atoms with E-state index in [1.165, 1.54) is 4.31 Å². The summed E-state index contributed by atoms with van der Waals surface area (Å²) in [7, 11) is -4.03. The van der Waals surface area contributed by atoms with Crippen LogP contribution in [-0.2, 0) is 10.0 Å². The fraction of sp³-hybridized carbons (Fsp3) is 0.500. The zero-order valence-corrected chi connectivity index (χ0v) is 12.3. The SMILES string of the molecule is CCCN(C1CNC1)S(=O)(=O)c1ccc(F)cc1[N+](=O)[O-]. The number of nitrogens with one attached hydrogen (secondary N) is 1. The van der Waals surface area contributed by atoms with Crippen molar-refractivity contribution in [2.75, 3.05) is 19.6 Å². The Morgan fingerprint density at radius 3 is 2.62 bits per heavy atom. The molecule has 0 spiro atoms. The van der Waals surface area contributed by atoms with Gasteiger partial charge in [-0.25, -0.2) is 12.8 Å². The largest absolute Gasteiger partial charge is 0.313 e. The van der Waals surface area contributed by atoms with E-state index in [1.807, 2.05) is 6.92 Å². The van der Waals surface area contributed by atoms with Crippen LogP contribution in [0, 0.1) is 15.9 Å². The second kappa shape index (κ2) is 6.04. The van der Waals surface area contributed by atoms with Gasteiger partial charge in [0.2, 0.25) is 10.0 Å². The number of hydrogen-bond donors (Lipinski definition) is 1. The minimum absolute atomic E-state index is 0.223. The first kappa shape index (κ1) is 15.8. The fourth-order valence-corrected chi connectivity index (χ4v) is 4.03. The number of benzene rings is 1. The highest BCUT2D eigenvalue weighted by molar-refractivity contribution is 7.89. The summed E-state index contributed by atoms with van der Waals surface area (Å²) in [5.74, 6) is -0.840. The van der Waals surface area contributed by atoms with Crippen molar-refractivity contribution >= 4 is 15.7 Å². The van der Waals surface area contributed by atoms with Crippen LogP contribution in [0.25, 0.3) is 0 Å². The smallest absolute Gasteiger partial charge is 0.292 e. The van der Waals surface area contributed by atoms with Crippen LogP contribution in [0.2, 0.25) is 0 Å². The number of nitro groups is 1. The van der Waals surface area contributed by atoms with Gasteiger partial charge in [0.15, 0.2) is 4.90 Å². The van der Waals surface area contributed by atoms with Crippen molar-refractivity contribution in [2.24, 2.45) is 0 Å². The van der Waals surface area contributed by atoms with E-state index in [1.54, 1.807) is 0 Å². The number of hydrogen-bond acceptors (Lipinski definition) is 5. The van der Waals surface area contributed by atoms with Crippen LogP contribution in [0.3, 0.4) is 0 Å². The minimum atomic E-state index is -4.03. The van der Waals surface area contributed by atoms with Crippen LogP contribution in [0.1, 0.15) is 13.3 Å². The summed E-state index contributed by atoms with van der Waals surface area (Å²) in [6, 6.07) is 2.29. The van der Waals surface area contributed by atoms with Crippen LogP contribution >= 0.6 is 0 Å². The molecule has 0 saturated carbocycles. The van der Waals surface area contributed by atoms with Gasteiger partial charge in [0.1, 0.15) is 5.82 Å². The van der Waals surface area contributed by atoms with Crippen LogP contribution in [0.15, 0.2) is 23.1 Å². The Morgan fingerprint density at radius 2 is 2.14 bits per heavy atom. The third kappa shape index (κ3) is 3.04. The lowest BCUT2D eigenvalue weighted by Crippen LogP contribution is -2.58. The molecule has 1 saturated heterocycles. The Hall–Kier alpha value is -1.58. The van der Waals surface area contributed by atoms with Gasteiger partial charge in [0, 0.05) is 19.6 Å². The maximum absolute atomic E-state index is 13.2. The molecule has 9 heteroatoms. The molecule has 0 aromatic heterocycles. The van der Waals surface area contributed by atoms with Gasteiger partial charge in [0.05, 0.1) is 17.0 Å². The van der Waals surface area contributed by atoms with E-state index in [0.717, 1.165) is 12.1 Å². The minimum Gasteiger partial charge on any atom is -0.313 e. The topological polar surface area (TPSA) is 92.6 Å². The lowest BCUT2D eigenvalue weighted by atomic mass is 10.2. The van der Waals surface area contributed by atoms with E-state index in [0.29, 0.717) is 25.6 Å². The highest BCUT2D eigenvalue weighted by Crippen LogP contribution is 2.29. The van der Waals surface area contributed by atoms with E-state index in [-0.39, 0.29) is 12.6 Å². The summed E-state index contributed by atoms with van der Waals surface area (Å²) in [5.41, 5.74) is -0.733. The van der Waals surface area contributed by atoms with Crippen LogP contribution in [-0.4, -0.2) is 43.3 Å². The van der Waals surface area contributed by atoms with Crippen molar-refractivity contribution in [2.45, 2.75) is 24.3 Å². The summed E-state index contributed by atoms with van der Waals surface area (Å²) in [6.45, 7) is 3.11. The van der Waals surface area contributed by atoms with Gasteiger partial charge in [-0.15, -0.1) is 0 Å². The Kier molecular flexibility index (Phi) is 4.55. The molecule has 1 aromatic carbocycles. The zero-order chi connectivity index (χ0) is 15.6. The fourth-order valence-electron chi connectivity index (χ4n) is 2.17. The molecule has 0 aliphatic carbocycles. The lowest BCUT2D eigenvalue weighted by Gasteiger charge is -2.36. The van der Waals surface area contributed by atoms with Gasteiger partial charge in [-0.05, 0) is 18.6 Å². The summed E-state index contributed by atoms with van der Waals surface area (Å²) < 4.78 is 39.7. The number of rotatable bonds is 6. The molecule has 7 nitrogen and oxygen atoms in total. The van der Waals surface area contributed by atoms with Crippen molar-refractivity contribution in [3.63, 3.8) is 0 Å².